The van der Waals surface area contributed by atoms with E-state index < -0.39 is 11.7 Å². The van der Waals surface area contributed by atoms with Crippen molar-refractivity contribution in [1.82, 2.24) is 4.31 Å². The van der Waals surface area contributed by atoms with E-state index in [2.05, 4.69) is 12.8 Å². The van der Waals surface area contributed by atoms with Crippen LogP contribution in [0.15, 0.2) is 0 Å². The molecule has 0 radical (unpaired) electrons. The molecule has 0 fully saturated rings. The second kappa shape index (κ2) is 4.72. The van der Waals surface area contributed by atoms with Crippen molar-refractivity contribution in [2.24, 2.45) is 0 Å². The van der Waals surface area contributed by atoms with E-state index in [0.29, 0.717) is 0 Å². The van der Waals surface area contributed by atoms with Crippen LogP contribution in [0.5, 0.6) is 0 Å². The molecular weight excluding hydrogens is 190 g/mol. The van der Waals surface area contributed by atoms with E-state index in [1.54, 1.807) is 27.7 Å². The van der Waals surface area contributed by atoms with Crippen LogP contribution >= 0.6 is 12.8 Å². The monoisotopic (exact) mass is 207 g/mol. The van der Waals surface area contributed by atoms with Crippen LogP contribution in [0.4, 0.5) is 4.79 Å². The average Bonchev–Trinajstić information content (AvgIpc) is 1.98. The third-order valence-electron chi connectivity index (χ3n) is 1.26. The molecule has 0 aromatic heterocycles. The van der Waals surface area contributed by atoms with Gasteiger partial charge in [-0.15, -0.1) is 0 Å². The molecule has 13 heavy (non-hydrogen) atoms. The van der Waals surface area contributed by atoms with Crippen molar-refractivity contribution >= 4 is 18.9 Å². The fourth-order valence-electron chi connectivity index (χ4n) is 0.566. The van der Waals surface area contributed by atoms with Crippen molar-refractivity contribution in [3.63, 3.8) is 0 Å². The van der Waals surface area contributed by atoms with Crippen LogP contribution in [-0.2, 0) is 4.74 Å². The highest BCUT2D eigenvalue weighted by atomic mass is 32.1. The van der Waals surface area contributed by atoms with Gasteiger partial charge in [0.25, 0.3) is 0 Å². The maximum absolute atomic E-state index is 11.3. The van der Waals surface area contributed by atoms with Crippen LogP contribution in [-0.4, -0.2) is 33.8 Å². The molecule has 0 unspecified atom stereocenters. The highest BCUT2D eigenvalue weighted by molar-refractivity contribution is 7.78. The van der Waals surface area contributed by atoms with Crippen molar-refractivity contribution < 1.29 is 14.6 Å². The van der Waals surface area contributed by atoms with Crippen LogP contribution < -0.4 is 0 Å². The SMILES string of the molecule is C[C@@H](CO)N(S)C(=O)OC(C)(C)C. The van der Waals surface area contributed by atoms with E-state index >= 15 is 0 Å². The number of carbonyl (C=O) groups excluding carboxylic acids is 1. The Labute approximate surface area is 84.4 Å². The minimum absolute atomic E-state index is 0.136. The van der Waals surface area contributed by atoms with Gasteiger partial charge in [0.15, 0.2) is 0 Å². The third-order valence-corrected chi connectivity index (χ3v) is 1.82. The minimum Gasteiger partial charge on any atom is -0.443 e. The summed E-state index contributed by atoms with van der Waals surface area (Å²) in [5.41, 5.74) is -0.534. The van der Waals surface area contributed by atoms with Crippen molar-refractivity contribution in [3.8, 4) is 0 Å². The quantitative estimate of drug-likeness (QED) is 0.674. The highest BCUT2D eigenvalue weighted by Crippen LogP contribution is 2.12. The van der Waals surface area contributed by atoms with E-state index in [1.807, 2.05) is 0 Å². The lowest BCUT2D eigenvalue weighted by atomic mass is 10.2. The third kappa shape index (κ3) is 5.00. The molecule has 0 rings (SSSR count). The summed E-state index contributed by atoms with van der Waals surface area (Å²) in [5.74, 6) is 0. The van der Waals surface area contributed by atoms with E-state index in [4.69, 9.17) is 9.84 Å². The fraction of sp³-hybridized carbons (Fsp3) is 0.875. The highest BCUT2D eigenvalue weighted by Gasteiger charge is 2.23. The first-order valence-corrected chi connectivity index (χ1v) is 4.50. The van der Waals surface area contributed by atoms with Crippen molar-refractivity contribution in [1.29, 1.82) is 0 Å². The first-order chi connectivity index (χ1) is 5.78. The Kier molecular flexibility index (Phi) is 4.56. The van der Waals surface area contributed by atoms with Gasteiger partial charge < -0.3 is 9.84 Å². The van der Waals surface area contributed by atoms with Crippen LogP contribution in [0.3, 0.4) is 0 Å². The lowest BCUT2D eigenvalue weighted by molar-refractivity contribution is 0.0332. The Morgan fingerprint density at radius 1 is 1.62 bits per heavy atom. The average molecular weight is 207 g/mol. The van der Waals surface area contributed by atoms with E-state index in [9.17, 15) is 4.79 Å². The Bertz CT molecular complexity index is 179. The van der Waals surface area contributed by atoms with E-state index in [1.165, 1.54) is 0 Å². The molecule has 0 aromatic rings. The number of aliphatic hydroxyl groups excluding tert-OH is 1. The summed E-state index contributed by atoms with van der Waals surface area (Å²) in [6.45, 7) is 6.86. The summed E-state index contributed by atoms with van der Waals surface area (Å²) in [7, 11) is 0. The Morgan fingerprint density at radius 2 is 2.08 bits per heavy atom. The van der Waals surface area contributed by atoms with Gasteiger partial charge in [-0.3, -0.25) is 0 Å². The van der Waals surface area contributed by atoms with Gasteiger partial charge in [0.1, 0.15) is 5.60 Å². The topological polar surface area (TPSA) is 49.8 Å². The van der Waals surface area contributed by atoms with Crippen LogP contribution in [0, 0.1) is 0 Å². The molecule has 0 aliphatic rings. The van der Waals surface area contributed by atoms with Gasteiger partial charge in [-0.2, -0.15) is 0 Å². The van der Waals surface area contributed by atoms with Gasteiger partial charge in [-0.25, -0.2) is 9.10 Å². The fourth-order valence-corrected chi connectivity index (χ4v) is 0.680. The summed E-state index contributed by atoms with van der Waals surface area (Å²) in [6, 6.07) is -0.349. The molecule has 1 atom stereocenters. The molecule has 0 heterocycles. The molecule has 0 saturated carbocycles. The predicted octanol–water partition coefficient (Wildman–Crippen LogP) is 1.45. The van der Waals surface area contributed by atoms with Crippen molar-refractivity contribution in [2.75, 3.05) is 6.61 Å². The van der Waals surface area contributed by atoms with E-state index in [0.717, 1.165) is 4.31 Å². The molecule has 0 aliphatic carbocycles. The summed E-state index contributed by atoms with van der Waals surface area (Å²) in [4.78, 5) is 11.3. The normalized spacial score (nSPS) is 13.7. The zero-order chi connectivity index (χ0) is 10.6. The first-order valence-electron chi connectivity index (χ1n) is 4.10. The number of rotatable bonds is 2. The largest absolute Gasteiger partial charge is 0.443 e. The molecule has 4 nitrogen and oxygen atoms in total. The van der Waals surface area contributed by atoms with Gasteiger partial charge in [0.05, 0.1) is 12.6 Å². The maximum Gasteiger partial charge on any atom is 0.420 e. The lowest BCUT2D eigenvalue weighted by Gasteiger charge is -2.26. The number of thiol groups is 1. The van der Waals surface area contributed by atoms with E-state index in [-0.39, 0.29) is 12.6 Å². The van der Waals surface area contributed by atoms with Crippen molar-refractivity contribution in [3.05, 3.63) is 0 Å². The van der Waals surface area contributed by atoms with Gasteiger partial charge in [0, 0.05) is 0 Å². The minimum atomic E-state index is -0.544. The van der Waals surface area contributed by atoms with Crippen LogP contribution in [0.25, 0.3) is 0 Å². The molecule has 1 amide bonds. The summed E-state index contributed by atoms with van der Waals surface area (Å²) < 4.78 is 6.10. The van der Waals surface area contributed by atoms with Crippen LogP contribution in [0.2, 0.25) is 0 Å². The molecule has 0 spiro atoms. The number of hydrogen-bond donors (Lipinski definition) is 2. The Hall–Kier alpha value is -0.420. The number of nitrogens with zero attached hydrogens (tertiary/aromatic N) is 1. The standard InChI is InChI=1S/C8H17NO3S/c1-6(5-10)9(13)7(11)12-8(2,3)4/h6,10,13H,5H2,1-4H3/t6-/m0/s1. The number of carbonyl (C=O) groups is 1. The Balaban J connectivity index is 4.12. The smallest absolute Gasteiger partial charge is 0.420 e. The molecule has 78 valence electrons. The molecule has 0 aliphatic heterocycles. The molecule has 1 N–H and O–H groups in total. The zero-order valence-corrected chi connectivity index (χ0v) is 9.34. The summed E-state index contributed by atoms with van der Waals surface area (Å²) in [6.07, 6.45) is -0.544. The predicted molar refractivity (Wildman–Crippen MR) is 53.6 cm³/mol. The van der Waals surface area contributed by atoms with Gasteiger partial charge in [0.2, 0.25) is 0 Å². The first kappa shape index (κ1) is 12.6. The Morgan fingerprint density at radius 3 is 2.38 bits per heavy atom. The second-order valence-corrected chi connectivity index (χ2v) is 4.29. The van der Waals surface area contributed by atoms with Crippen LogP contribution in [0.1, 0.15) is 27.7 Å². The molecule has 0 saturated heterocycles. The maximum atomic E-state index is 11.3. The van der Waals surface area contributed by atoms with Crippen molar-refractivity contribution in [2.45, 2.75) is 39.3 Å². The zero-order valence-electron chi connectivity index (χ0n) is 8.44. The molecule has 0 bridgehead atoms. The second-order valence-electron chi connectivity index (χ2n) is 3.86. The molecular formula is C8H17NO3S. The number of amides is 1. The van der Waals surface area contributed by atoms with Gasteiger partial charge >= 0.3 is 6.09 Å². The lowest BCUT2D eigenvalue weighted by Crippen LogP contribution is -2.37. The molecule has 0 aromatic carbocycles. The summed E-state index contributed by atoms with van der Waals surface area (Å²) in [5, 5.41) is 8.75. The molecule has 5 heteroatoms. The number of ether oxygens (including phenoxy) is 1. The number of aliphatic hydroxyl groups is 1. The van der Waals surface area contributed by atoms with Gasteiger partial charge in [-0.1, -0.05) is 12.8 Å². The number of hydrogen-bond acceptors (Lipinski definition) is 4. The summed E-state index contributed by atoms with van der Waals surface area (Å²) >= 11 is 3.91. The van der Waals surface area contributed by atoms with Gasteiger partial charge in [-0.05, 0) is 27.7 Å².